The highest BCUT2D eigenvalue weighted by molar-refractivity contribution is 5.95. The molecule has 3 aromatic rings. The summed E-state index contributed by atoms with van der Waals surface area (Å²) in [7, 11) is 2.21. The van der Waals surface area contributed by atoms with Gasteiger partial charge in [-0.2, -0.15) is 4.98 Å². The molecule has 5 rings (SSSR count). The van der Waals surface area contributed by atoms with Crippen molar-refractivity contribution in [1.82, 2.24) is 15.0 Å². The number of anilines is 1. The van der Waals surface area contributed by atoms with E-state index in [0.717, 1.165) is 29.7 Å². The van der Waals surface area contributed by atoms with Gasteiger partial charge in [0.2, 0.25) is 5.82 Å². The van der Waals surface area contributed by atoms with Crippen molar-refractivity contribution in [3.8, 4) is 22.8 Å². The fourth-order valence-corrected chi connectivity index (χ4v) is 5.20. The number of benzene rings is 2. The van der Waals surface area contributed by atoms with Gasteiger partial charge in [-0.15, -0.1) is 0 Å². The van der Waals surface area contributed by atoms with Gasteiger partial charge in [-0.25, -0.2) is 4.79 Å². The maximum absolute atomic E-state index is 12.7. The Balaban J connectivity index is 1.50. The molecule has 0 radical (unpaired) electrons. The summed E-state index contributed by atoms with van der Waals surface area (Å²) in [6.45, 7) is 0. The molecular weight excluding hydrogens is 390 g/mol. The molecule has 7 nitrogen and oxygen atoms in total. The highest BCUT2D eigenvalue weighted by Crippen LogP contribution is 2.39. The van der Waals surface area contributed by atoms with Gasteiger partial charge in [-0.3, -0.25) is 4.90 Å². The number of fused-ring (bicyclic) bond motifs is 2. The Kier molecular flexibility index (Phi) is 5.19. The predicted octanol–water partition coefficient (Wildman–Crippen LogP) is 4.30. The number of carbonyl (C=O) groups excluding carboxylic acids is 1. The summed E-state index contributed by atoms with van der Waals surface area (Å²) in [6, 6.07) is 17.9. The van der Waals surface area contributed by atoms with Gasteiger partial charge in [0.15, 0.2) is 0 Å². The molecule has 3 atom stereocenters. The second-order valence-electron chi connectivity index (χ2n) is 8.54. The molecule has 2 saturated heterocycles. The van der Waals surface area contributed by atoms with Crippen LogP contribution in [0.15, 0.2) is 59.1 Å². The first-order valence-electron chi connectivity index (χ1n) is 10.9. The molecule has 31 heavy (non-hydrogen) atoms. The van der Waals surface area contributed by atoms with E-state index in [4.69, 9.17) is 10.3 Å². The standard InChI is InChI=1S/C24H27N5O2/c1-28-17-10-7-11-18(28)15-19(14-17)29(24(25)30)21-13-6-5-12-20(21)23-26-22(27-31-23)16-8-3-2-4-9-16/h2-6,8-9,12-13,17-19H,7,10-11,14-15H2,1H3,(H2,25,30)/t17-,18+,19+. The minimum Gasteiger partial charge on any atom is -0.351 e. The first-order valence-corrected chi connectivity index (χ1v) is 10.9. The lowest BCUT2D eigenvalue weighted by Crippen LogP contribution is -2.57. The van der Waals surface area contributed by atoms with Crippen LogP contribution in [0.5, 0.6) is 0 Å². The van der Waals surface area contributed by atoms with Crippen molar-refractivity contribution < 1.29 is 9.32 Å². The van der Waals surface area contributed by atoms with Crippen molar-refractivity contribution >= 4 is 11.7 Å². The maximum atomic E-state index is 12.7. The van der Waals surface area contributed by atoms with E-state index in [-0.39, 0.29) is 6.04 Å². The van der Waals surface area contributed by atoms with E-state index in [9.17, 15) is 4.79 Å². The lowest BCUT2D eigenvalue weighted by atomic mass is 9.81. The minimum atomic E-state index is -0.442. The fourth-order valence-electron chi connectivity index (χ4n) is 5.20. The molecule has 0 saturated carbocycles. The molecule has 0 unspecified atom stereocenters. The third kappa shape index (κ3) is 3.70. The molecule has 2 amide bonds. The molecule has 2 aliphatic rings. The smallest absolute Gasteiger partial charge is 0.319 e. The second kappa shape index (κ2) is 8.15. The summed E-state index contributed by atoms with van der Waals surface area (Å²) in [4.78, 5) is 21.5. The number of hydrogen-bond donors (Lipinski definition) is 1. The van der Waals surface area contributed by atoms with Crippen LogP contribution in [0, 0.1) is 0 Å². The summed E-state index contributed by atoms with van der Waals surface area (Å²) in [5.41, 5.74) is 8.26. The summed E-state index contributed by atoms with van der Waals surface area (Å²) in [5.74, 6) is 0.902. The number of urea groups is 1. The largest absolute Gasteiger partial charge is 0.351 e. The topological polar surface area (TPSA) is 88.5 Å². The molecule has 1 aromatic heterocycles. The van der Waals surface area contributed by atoms with E-state index >= 15 is 0 Å². The lowest BCUT2D eigenvalue weighted by molar-refractivity contribution is 0.0564. The summed E-state index contributed by atoms with van der Waals surface area (Å²) >= 11 is 0. The van der Waals surface area contributed by atoms with Gasteiger partial charge in [0.25, 0.3) is 5.89 Å². The van der Waals surface area contributed by atoms with Gasteiger partial charge in [-0.1, -0.05) is 54.0 Å². The SMILES string of the molecule is CN1[C@@H]2CCC[C@H]1C[C@@H](N(C(N)=O)c1ccccc1-c1nc(-c3ccccc3)no1)C2. The van der Waals surface area contributed by atoms with Crippen LogP contribution in [-0.4, -0.2) is 46.2 Å². The number of nitrogens with two attached hydrogens (primary N) is 1. The molecule has 2 aromatic carbocycles. The number of hydrogen-bond acceptors (Lipinski definition) is 5. The third-order valence-electron chi connectivity index (χ3n) is 6.77. The van der Waals surface area contributed by atoms with Crippen LogP contribution < -0.4 is 10.6 Å². The van der Waals surface area contributed by atoms with Crippen LogP contribution in [-0.2, 0) is 0 Å². The monoisotopic (exact) mass is 417 g/mol. The first-order chi connectivity index (χ1) is 15.1. The van der Waals surface area contributed by atoms with Crippen molar-refractivity contribution in [2.75, 3.05) is 11.9 Å². The number of aromatic nitrogens is 2. The summed E-state index contributed by atoms with van der Waals surface area (Å²) in [6.07, 6.45) is 5.43. The molecule has 7 heteroatoms. The highest BCUT2D eigenvalue weighted by atomic mass is 16.5. The normalized spacial score (nSPS) is 23.5. The fraction of sp³-hybridized carbons (Fsp3) is 0.375. The van der Waals surface area contributed by atoms with Crippen molar-refractivity contribution in [3.63, 3.8) is 0 Å². The van der Waals surface area contributed by atoms with E-state index in [1.165, 1.54) is 19.3 Å². The van der Waals surface area contributed by atoms with Crippen LogP contribution in [0.4, 0.5) is 10.5 Å². The Bertz CT molecular complexity index is 1050. The molecular formula is C24H27N5O2. The zero-order valence-electron chi connectivity index (χ0n) is 17.6. The average Bonchev–Trinajstić information content (AvgIpc) is 3.25. The number of amides is 2. The number of carbonyl (C=O) groups is 1. The van der Waals surface area contributed by atoms with Crippen molar-refractivity contribution in [2.24, 2.45) is 5.73 Å². The Morgan fingerprint density at radius 3 is 2.45 bits per heavy atom. The zero-order chi connectivity index (χ0) is 21.4. The summed E-state index contributed by atoms with van der Waals surface area (Å²) < 4.78 is 5.61. The van der Waals surface area contributed by atoms with Crippen LogP contribution in [0.25, 0.3) is 22.8 Å². The highest BCUT2D eigenvalue weighted by Gasteiger charge is 2.40. The first kappa shape index (κ1) is 19.8. The van der Waals surface area contributed by atoms with E-state index in [1.54, 1.807) is 4.90 Å². The van der Waals surface area contributed by atoms with E-state index in [1.807, 2.05) is 54.6 Å². The zero-order valence-corrected chi connectivity index (χ0v) is 17.6. The van der Waals surface area contributed by atoms with Gasteiger partial charge in [0.05, 0.1) is 11.3 Å². The van der Waals surface area contributed by atoms with Gasteiger partial charge >= 0.3 is 6.03 Å². The number of piperidine rings is 2. The van der Waals surface area contributed by atoms with E-state index in [0.29, 0.717) is 23.8 Å². The second-order valence-corrected chi connectivity index (χ2v) is 8.54. The molecule has 0 spiro atoms. The molecule has 3 heterocycles. The van der Waals surface area contributed by atoms with E-state index < -0.39 is 6.03 Å². The van der Waals surface area contributed by atoms with Crippen molar-refractivity contribution in [1.29, 1.82) is 0 Å². The molecule has 0 aliphatic carbocycles. The van der Waals surface area contributed by atoms with Gasteiger partial charge < -0.3 is 15.2 Å². The van der Waals surface area contributed by atoms with Crippen molar-refractivity contribution in [3.05, 3.63) is 54.6 Å². The number of nitrogens with zero attached hydrogens (tertiary/aromatic N) is 4. The minimum absolute atomic E-state index is 0.0571. The van der Waals surface area contributed by atoms with Gasteiger partial charge in [-0.05, 0) is 44.9 Å². The van der Waals surface area contributed by atoms with Gasteiger partial charge in [0, 0.05) is 23.7 Å². The van der Waals surface area contributed by atoms with Crippen LogP contribution >= 0.6 is 0 Å². The quantitative estimate of drug-likeness (QED) is 0.684. The van der Waals surface area contributed by atoms with Gasteiger partial charge in [0.1, 0.15) is 0 Å². The Hall–Kier alpha value is -3.19. The van der Waals surface area contributed by atoms with Crippen LogP contribution in [0.3, 0.4) is 0 Å². The third-order valence-corrected chi connectivity index (χ3v) is 6.77. The Labute approximate surface area is 181 Å². The number of rotatable bonds is 4. The molecule has 2 N–H and O–H groups in total. The number of primary amides is 1. The molecule has 2 bridgehead atoms. The lowest BCUT2D eigenvalue weighted by Gasteiger charge is -2.49. The predicted molar refractivity (Wildman–Crippen MR) is 119 cm³/mol. The maximum Gasteiger partial charge on any atom is 0.319 e. The Morgan fingerprint density at radius 1 is 1.06 bits per heavy atom. The van der Waals surface area contributed by atoms with Crippen LogP contribution in [0.1, 0.15) is 32.1 Å². The average molecular weight is 418 g/mol. The Morgan fingerprint density at radius 2 is 1.74 bits per heavy atom. The molecule has 2 fully saturated rings. The summed E-state index contributed by atoms with van der Waals surface area (Å²) in [5, 5.41) is 4.15. The molecule has 2 aliphatic heterocycles. The van der Waals surface area contributed by atoms with E-state index in [2.05, 4.69) is 22.1 Å². The number of para-hydroxylation sites is 1. The molecule has 160 valence electrons. The van der Waals surface area contributed by atoms with Crippen LogP contribution in [0.2, 0.25) is 0 Å². The van der Waals surface area contributed by atoms with Crippen molar-refractivity contribution in [2.45, 2.75) is 50.2 Å².